The molecule has 0 fully saturated rings. The number of halogens is 1. The summed E-state index contributed by atoms with van der Waals surface area (Å²) in [7, 11) is 0. The molecule has 0 bridgehead atoms. The van der Waals surface area contributed by atoms with E-state index in [9.17, 15) is 0 Å². The number of hydrogen-bond acceptors (Lipinski definition) is 2. The van der Waals surface area contributed by atoms with Crippen LogP contribution in [0.2, 0.25) is 5.02 Å². The highest BCUT2D eigenvalue weighted by Gasteiger charge is 2.22. The number of fused-ring (bicyclic) bond motifs is 1. The van der Waals surface area contributed by atoms with Gasteiger partial charge in [-0.25, -0.2) is 4.68 Å². The molecule has 0 spiro atoms. The zero-order chi connectivity index (χ0) is 14.1. The van der Waals surface area contributed by atoms with Crippen molar-refractivity contribution in [3.8, 4) is 5.69 Å². The second-order valence-corrected chi connectivity index (χ2v) is 5.81. The summed E-state index contributed by atoms with van der Waals surface area (Å²) in [5, 5.41) is 9.05. The van der Waals surface area contributed by atoms with Gasteiger partial charge in [-0.15, -0.1) is 0 Å². The molecule has 0 saturated carbocycles. The summed E-state index contributed by atoms with van der Waals surface area (Å²) in [6, 6.07) is 6.12. The number of anilines is 1. The standard InChI is InChI=1S/C16H20ClN3/c1-3-4-5-15-13-8-9-18-16(13)20(19-15)12-7-6-11(2)14(17)10-12/h6-7,10,18H,3-5,8-9H2,1-2H3. The van der Waals surface area contributed by atoms with Crippen LogP contribution < -0.4 is 5.32 Å². The van der Waals surface area contributed by atoms with Crippen LogP contribution in [0.4, 0.5) is 5.82 Å². The highest BCUT2D eigenvalue weighted by Crippen LogP contribution is 2.30. The van der Waals surface area contributed by atoms with Gasteiger partial charge in [0.1, 0.15) is 5.82 Å². The highest BCUT2D eigenvalue weighted by atomic mass is 35.5. The Bertz CT molecular complexity index is 631. The van der Waals surface area contributed by atoms with Gasteiger partial charge >= 0.3 is 0 Å². The van der Waals surface area contributed by atoms with Gasteiger partial charge in [-0.3, -0.25) is 0 Å². The van der Waals surface area contributed by atoms with Gasteiger partial charge in [0.05, 0.1) is 11.4 Å². The minimum atomic E-state index is 0.792. The van der Waals surface area contributed by atoms with Crippen molar-refractivity contribution in [2.45, 2.75) is 39.5 Å². The Labute approximate surface area is 124 Å². The minimum Gasteiger partial charge on any atom is -0.369 e. The fourth-order valence-electron chi connectivity index (χ4n) is 2.69. The van der Waals surface area contributed by atoms with Crippen LogP contribution in [0, 0.1) is 6.92 Å². The van der Waals surface area contributed by atoms with Crippen molar-refractivity contribution < 1.29 is 0 Å². The lowest BCUT2D eigenvalue weighted by Crippen LogP contribution is -2.05. The smallest absolute Gasteiger partial charge is 0.133 e. The van der Waals surface area contributed by atoms with Gasteiger partial charge in [0, 0.05) is 17.1 Å². The van der Waals surface area contributed by atoms with E-state index in [0.29, 0.717) is 0 Å². The molecule has 0 amide bonds. The second-order valence-electron chi connectivity index (χ2n) is 5.40. The lowest BCUT2D eigenvalue weighted by molar-refractivity contribution is 0.744. The Kier molecular flexibility index (Phi) is 3.70. The first kappa shape index (κ1) is 13.5. The van der Waals surface area contributed by atoms with Crippen LogP contribution in [0.5, 0.6) is 0 Å². The molecule has 2 aromatic rings. The number of unbranched alkanes of at least 4 members (excludes halogenated alkanes) is 1. The fraction of sp³-hybridized carbons (Fsp3) is 0.438. The van der Waals surface area contributed by atoms with E-state index < -0.39 is 0 Å². The maximum Gasteiger partial charge on any atom is 0.133 e. The average molecular weight is 290 g/mol. The molecule has 106 valence electrons. The van der Waals surface area contributed by atoms with E-state index in [1.54, 1.807) is 0 Å². The van der Waals surface area contributed by atoms with Crippen LogP contribution in [0.15, 0.2) is 18.2 Å². The van der Waals surface area contributed by atoms with Gasteiger partial charge in [0.15, 0.2) is 0 Å². The molecule has 0 aliphatic carbocycles. The van der Waals surface area contributed by atoms with Crippen LogP contribution in [-0.4, -0.2) is 16.3 Å². The summed E-state index contributed by atoms with van der Waals surface area (Å²) in [5.74, 6) is 1.15. The van der Waals surface area contributed by atoms with Crippen molar-refractivity contribution in [1.29, 1.82) is 0 Å². The van der Waals surface area contributed by atoms with Gasteiger partial charge in [0.2, 0.25) is 0 Å². The maximum atomic E-state index is 6.24. The SMILES string of the molecule is CCCCc1nn(-c2ccc(C)c(Cl)c2)c2c1CCN2. The molecule has 1 aromatic carbocycles. The molecule has 0 atom stereocenters. The molecule has 0 unspecified atom stereocenters. The maximum absolute atomic E-state index is 6.24. The summed E-state index contributed by atoms with van der Waals surface area (Å²) in [6.45, 7) is 5.24. The van der Waals surface area contributed by atoms with Crippen molar-refractivity contribution in [1.82, 2.24) is 9.78 Å². The summed E-state index contributed by atoms with van der Waals surface area (Å²) in [6.07, 6.45) is 4.53. The lowest BCUT2D eigenvalue weighted by Gasteiger charge is -2.08. The number of nitrogens with zero attached hydrogens (tertiary/aromatic N) is 2. The number of hydrogen-bond donors (Lipinski definition) is 1. The van der Waals surface area contributed by atoms with Crippen molar-refractivity contribution >= 4 is 17.4 Å². The van der Waals surface area contributed by atoms with Crippen molar-refractivity contribution in [2.75, 3.05) is 11.9 Å². The molecule has 3 rings (SSSR count). The second kappa shape index (κ2) is 5.49. The van der Waals surface area contributed by atoms with Crippen molar-refractivity contribution in [2.24, 2.45) is 0 Å². The van der Waals surface area contributed by atoms with Crippen LogP contribution in [0.3, 0.4) is 0 Å². The molecular formula is C16H20ClN3. The summed E-state index contributed by atoms with van der Waals surface area (Å²) >= 11 is 6.24. The Morgan fingerprint density at radius 2 is 2.25 bits per heavy atom. The Morgan fingerprint density at radius 3 is 3.00 bits per heavy atom. The normalized spacial score (nSPS) is 13.3. The molecule has 20 heavy (non-hydrogen) atoms. The van der Waals surface area contributed by atoms with E-state index in [4.69, 9.17) is 16.7 Å². The molecule has 3 nitrogen and oxygen atoms in total. The number of rotatable bonds is 4. The Balaban J connectivity index is 2.03. The fourth-order valence-corrected chi connectivity index (χ4v) is 2.87. The minimum absolute atomic E-state index is 0.792. The van der Waals surface area contributed by atoms with Gasteiger partial charge in [-0.05, 0) is 43.9 Å². The van der Waals surface area contributed by atoms with E-state index >= 15 is 0 Å². The number of aryl methyl sites for hydroxylation is 2. The Hall–Kier alpha value is -1.48. The van der Waals surface area contributed by atoms with E-state index in [1.807, 2.05) is 23.7 Å². The summed E-state index contributed by atoms with van der Waals surface area (Å²) < 4.78 is 2.01. The molecule has 1 aliphatic heterocycles. The zero-order valence-corrected chi connectivity index (χ0v) is 12.8. The van der Waals surface area contributed by atoms with E-state index in [0.717, 1.165) is 41.5 Å². The van der Waals surface area contributed by atoms with Gasteiger partial charge in [0.25, 0.3) is 0 Å². The van der Waals surface area contributed by atoms with Crippen molar-refractivity contribution in [3.05, 3.63) is 40.0 Å². The van der Waals surface area contributed by atoms with Crippen molar-refractivity contribution in [3.63, 3.8) is 0 Å². The van der Waals surface area contributed by atoms with E-state index in [2.05, 4.69) is 18.3 Å². The predicted molar refractivity (Wildman–Crippen MR) is 84.1 cm³/mol. The molecule has 0 saturated heterocycles. The molecule has 1 aromatic heterocycles. The average Bonchev–Trinajstić information content (AvgIpc) is 3.02. The molecule has 1 N–H and O–H groups in total. The molecule has 0 radical (unpaired) electrons. The van der Waals surface area contributed by atoms with Crippen LogP contribution in [0.1, 0.15) is 36.6 Å². The predicted octanol–water partition coefficient (Wildman–Crippen LogP) is 4.14. The van der Waals surface area contributed by atoms with Crippen LogP contribution >= 0.6 is 11.6 Å². The quantitative estimate of drug-likeness (QED) is 0.916. The molecule has 4 heteroatoms. The first-order valence-electron chi connectivity index (χ1n) is 7.32. The molecule has 2 heterocycles. The third-order valence-electron chi connectivity index (χ3n) is 3.90. The van der Waals surface area contributed by atoms with Gasteiger partial charge in [-0.2, -0.15) is 5.10 Å². The zero-order valence-electron chi connectivity index (χ0n) is 12.0. The number of aromatic nitrogens is 2. The molecular weight excluding hydrogens is 270 g/mol. The third kappa shape index (κ3) is 2.31. The first-order valence-corrected chi connectivity index (χ1v) is 7.69. The first-order chi connectivity index (χ1) is 9.70. The van der Waals surface area contributed by atoms with E-state index in [1.165, 1.54) is 24.1 Å². The van der Waals surface area contributed by atoms with Crippen LogP contribution in [0.25, 0.3) is 5.69 Å². The van der Waals surface area contributed by atoms with Crippen LogP contribution in [-0.2, 0) is 12.8 Å². The summed E-state index contributed by atoms with van der Waals surface area (Å²) in [4.78, 5) is 0. The summed E-state index contributed by atoms with van der Waals surface area (Å²) in [5.41, 5.74) is 4.76. The lowest BCUT2D eigenvalue weighted by atomic mass is 10.1. The van der Waals surface area contributed by atoms with E-state index in [-0.39, 0.29) is 0 Å². The molecule has 1 aliphatic rings. The number of benzene rings is 1. The van der Waals surface area contributed by atoms with Gasteiger partial charge in [-0.1, -0.05) is 31.0 Å². The monoisotopic (exact) mass is 289 g/mol. The van der Waals surface area contributed by atoms with Gasteiger partial charge < -0.3 is 5.32 Å². The number of nitrogens with one attached hydrogen (secondary N) is 1. The Morgan fingerprint density at radius 1 is 1.40 bits per heavy atom. The largest absolute Gasteiger partial charge is 0.369 e. The third-order valence-corrected chi connectivity index (χ3v) is 4.31. The topological polar surface area (TPSA) is 29.9 Å². The highest BCUT2D eigenvalue weighted by molar-refractivity contribution is 6.31.